The molecule has 0 saturated carbocycles. The van der Waals surface area contributed by atoms with Crippen molar-refractivity contribution in [2.24, 2.45) is 5.73 Å². The van der Waals surface area contributed by atoms with Crippen LogP contribution in [-0.2, 0) is 0 Å². The molecule has 0 spiro atoms. The Hall–Kier alpha value is -1.02. The molecular formula is C11H15NO. The SMILES string of the molecule is Cc1ccc2c(c1)OCC2CCN. The first-order valence-corrected chi connectivity index (χ1v) is 4.74. The summed E-state index contributed by atoms with van der Waals surface area (Å²) in [7, 11) is 0. The highest BCUT2D eigenvalue weighted by Gasteiger charge is 2.22. The number of hydrogen-bond donors (Lipinski definition) is 1. The van der Waals surface area contributed by atoms with Gasteiger partial charge in [0.25, 0.3) is 0 Å². The monoisotopic (exact) mass is 177 g/mol. The Bertz CT molecular complexity index is 309. The molecule has 0 radical (unpaired) electrons. The summed E-state index contributed by atoms with van der Waals surface area (Å²) in [6.07, 6.45) is 1.02. The summed E-state index contributed by atoms with van der Waals surface area (Å²) in [5, 5.41) is 0. The second-order valence-electron chi connectivity index (χ2n) is 3.63. The number of rotatable bonds is 2. The maximum Gasteiger partial charge on any atom is 0.123 e. The second-order valence-corrected chi connectivity index (χ2v) is 3.63. The van der Waals surface area contributed by atoms with Gasteiger partial charge in [0.05, 0.1) is 6.61 Å². The van der Waals surface area contributed by atoms with E-state index in [-0.39, 0.29) is 0 Å². The first-order valence-electron chi connectivity index (χ1n) is 4.74. The van der Waals surface area contributed by atoms with E-state index in [4.69, 9.17) is 10.5 Å². The summed E-state index contributed by atoms with van der Waals surface area (Å²) in [5.41, 5.74) is 8.13. The lowest BCUT2D eigenvalue weighted by atomic mass is 9.97. The second kappa shape index (κ2) is 3.38. The third-order valence-electron chi connectivity index (χ3n) is 2.56. The van der Waals surface area contributed by atoms with Gasteiger partial charge >= 0.3 is 0 Å². The molecule has 1 atom stereocenters. The van der Waals surface area contributed by atoms with Crippen molar-refractivity contribution in [1.29, 1.82) is 0 Å². The van der Waals surface area contributed by atoms with Crippen LogP contribution in [0, 0.1) is 6.92 Å². The van der Waals surface area contributed by atoms with E-state index < -0.39 is 0 Å². The minimum absolute atomic E-state index is 0.514. The summed E-state index contributed by atoms with van der Waals surface area (Å²) in [6, 6.07) is 6.40. The Balaban J connectivity index is 2.27. The molecule has 0 bridgehead atoms. The maximum atomic E-state index is 5.59. The van der Waals surface area contributed by atoms with Gasteiger partial charge in [-0.15, -0.1) is 0 Å². The van der Waals surface area contributed by atoms with Gasteiger partial charge in [0.2, 0.25) is 0 Å². The molecule has 1 unspecified atom stereocenters. The first kappa shape index (κ1) is 8.57. The minimum Gasteiger partial charge on any atom is -0.493 e. The quantitative estimate of drug-likeness (QED) is 0.747. The molecule has 0 fully saturated rings. The fourth-order valence-corrected chi connectivity index (χ4v) is 1.82. The highest BCUT2D eigenvalue weighted by molar-refractivity contribution is 5.42. The van der Waals surface area contributed by atoms with Crippen molar-refractivity contribution in [1.82, 2.24) is 0 Å². The lowest BCUT2D eigenvalue weighted by Gasteiger charge is -2.05. The van der Waals surface area contributed by atoms with E-state index in [0.717, 1.165) is 25.3 Å². The third-order valence-corrected chi connectivity index (χ3v) is 2.56. The smallest absolute Gasteiger partial charge is 0.123 e. The normalized spacial score (nSPS) is 19.7. The minimum atomic E-state index is 0.514. The summed E-state index contributed by atoms with van der Waals surface area (Å²) >= 11 is 0. The van der Waals surface area contributed by atoms with Crippen LogP contribution in [0.3, 0.4) is 0 Å². The number of fused-ring (bicyclic) bond motifs is 1. The molecule has 2 heteroatoms. The van der Waals surface area contributed by atoms with E-state index in [1.165, 1.54) is 11.1 Å². The number of aryl methyl sites for hydroxylation is 1. The number of benzene rings is 1. The Morgan fingerprint density at radius 3 is 3.15 bits per heavy atom. The molecule has 1 aromatic carbocycles. The molecule has 2 nitrogen and oxygen atoms in total. The third kappa shape index (κ3) is 1.54. The van der Waals surface area contributed by atoms with Crippen molar-refractivity contribution < 1.29 is 4.74 Å². The van der Waals surface area contributed by atoms with E-state index in [9.17, 15) is 0 Å². The van der Waals surface area contributed by atoms with Gasteiger partial charge < -0.3 is 10.5 Å². The van der Waals surface area contributed by atoms with Crippen molar-refractivity contribution in [3.05, 3.63) is 29.3 Å². The van der Waals surface area contributed by atoms with Crippen molar-refractivity contribution in [2.45, 2.75) is 19.3 Å². The van der Waals surface area contributed by atoms with Crippen molar-refractivity contribution >= 4 is 0 Å². The zero-order valence-corrected chi connectivity index (χ0v) is 7.92. The molecule has 0 amide bonds. The fraction of sp³-hybridized carbons (Fsp3) is 0.455. The molecule has 13 heavy (non-hydrogen) atoms. The van der Waals surface area contributed by atoms with Crippen LogP contribution in [0.15, 0.2) is 18.2 Å². The Labute approximate surface area is 78.7 Å². The molecule has 1 aliphatic heterocycles. The number of hydrogen-bond acceptors (Lipinski definition) is 2. The molecule has 2 N–H and O–H groups in total. The molecule has 0 aromatic heterocycles. The first-order chi connectivity index (χ1) is 6.31. The van der Waals surface area contributed by atoms with Crippen LogP contribution in [0.2, 0.25) is 0 Å². The van der Waals surface area contributed by atoms with Crippen LogP contribution in [0.1, 0.15) is 23.5 Å². The predicted octanol–water partition coefficient (Wildman–Crippen LogP) is 1.82. The summed E-state index contributed by atoms with van der Waals surface area (Å²) in [5.74, 6) is 1.57. The van der Waals surface area contributed by atoms with Crippen LogP contribution in [0.25, 0.3) is 0 Å². The zero-order valence-electron chi connectivity index (χ0n) is 7.92. The van der Waals surface area contributed by atoms with Crippen LogP contribution < -0.4 is 10.5 Å². The molecule has 0 saturated heterocycles. The van der Waals surface area contributed by atoms with E-state index in [0.29, 0.717) is 5.92 Å². The summed E-state index contributed by atoms with van der Waals surface area (Å²) in [4.78, 5) is 0. The topological polar surface area (TPSA) is 35.2 Å². The van der Waals surface area contributed by atoms with Crippen LogP contribution in [-0.4, -0.2) is 13.2 Å². The van der Waals surface area contributed by atoms with Crippen molar-refractivity contribution in [3.8, 4) is 5.75 Å². The van der Waals surface area contributed by atoms with Crippen LogP contribution in [0.5, 0.6) is 5.75 Å². The molecule has 2 rings (SSSR count). The Morgan fingerprint density at radius 1 is 1.54 bits per heavy atom. The fourth-order valence-electron chi connectivity index (χ4n) is 1.82. The molecular weight excluding hydrogens is 162 g/mol. The highest BCUT2D eigenvalue weighted by Crippen LogP contribution is 2.35. The van der Waals surface area contributed by atoms with Crippen LogP contribution >= 0.6 is 0 Å². The standard InChI is InChI=1S/C11H15NO/c1-8-2-3-10-9(4-5-12)7-13-11(10)6-8/h2-3,6,9H,4-5,7,12H2,1H3. The Kier molecular flexibility index (Phi) is 2.23. The van der Waals surface area contributed by atoms with Crippen molar-refractivity contribution in [2.75, 3.05) is 13.2 Å². The van der Waals surface area contributed by atoms with Gasteiger partial charge in [-0.25, -0.2) is 0 Å². The molecule has 1 aliphatic rings. The lowest BCUT2D eigenvalue weighted by molar-refractivity contribution is 0.326. The number of ether oxygens (including phenoxy) is 1. The Morgan fingerprint density at radius 2 is 2.38 bits per heavy atom. The van der Waals surface area contributed by atoms with Gasteiger partial charge in [0, 0.05) is 11.5 Å². The van der Waals surface area contributed by atoms with Gasteiger partial charge in [0.1, 0.15) is 5.75 Å². The van der Waals surface area contributed by atoms with Gasteiger partial charge in [0.15, 0.2) is 0 Å². The highest BCUT2D eigenvalue weighted by atomic mass is 16.5. The molecule has 70 valence electrons. The van der Waals surface area contributed by atoms with E-state index >= 15 is 0 Å². The lowest BCUT2D eigenvalue weighted by Crippen LogP contribution is -2.08. The van der Waals surface area contributed by atoms with Gasteiger partial charge in [-0.05, 0) is 31.5 Å². The predicted molar refractivity (Wildman–Crippen MR) is 53.1 cm³/mol. The van der Waals surface area contributed by atoms with E-state index in [1.54, 1.807) is 0 Å². The van der Waals surface area contributed by atoms with Crippen molar-refractivity contribution in [3.63, 3.8) is 0 Å². The zero-order chi connectivity index (χ0) is 9.26. The maximum absolute atomic E-state index is 5.59. The number of nitrogens with two attached hydrogens (primary N) is 1. The van der Waals surface area contributed by atoms with E-state index in [2.05, 4.69) is 25.1 Å². The largest absolute Gasteiger partial charge is 0.493 e. The summed E-state index contributed by atoms with van der Waals surface area (Å²) in [6.45, 7) is 3.62. The van der Waals surface area contributed by atoms with Gasteiger partial charge in [-0.1, -0.05) is 12.1 Å². The van der Waals surface area contributed by atoms with Crippen LogP contribution in [0.4, 0.5) is 0 Å². The van der Waals surface area contributed by atoms with Gasteiger partial charge in [-0.2, -0.15) is 0 Å². The van der Waals surface area contributed by atoms with Gasteiger partial charge in [-0.3, -0.25) is 0 Å². The molecule has 0 aliphatic carbocycles. The average molecular weight is 177 g/mol. The molecule has 1 heterocycles. The average Bonchev–Trinajstić information content (AvgIpc) is 2.49. The summed E-state index contributed by atoms with van der Waals surface area (Å²) < 4.78 is 5.59. The molecule has 1 aromatic rings. The van der Waals surface area contributed by atoms with E-state index in [1.807, 2.05) is 0 Å².